The Morgan fingerprint density at radius 1 is 1.61 bits per heavy atom. The molecule has 104 valence electrons. The van der Waals surface area contributed by atoms with Gasteiger partial charge in [-0.25, -0.2) is 0 Å². The van der Waals surface area contributed by atoms with Crippen molar-refractivity contribution in [1.29, 1.82) is 0 Å². The van der Waals surface area contributed by atoms with Gasteiger partial charge in [0.15, 0.2) is 5.84 Å². The zero-order valence-electron chi connectivity index (χ0n) is 11.3. The molecule has 0 radical (unpaired) electrons. The molecule has 0 bridgehead atoms. The molecule has 3 unspecified atom stereocenters. The Bertz CT molecular complexity index is 345. The molecule has 1 aliphatic heterocycles. The van der Waals surface area contributed by atoms with Crippen LogP contribution in [0.1, 0.15) is 33.6 Å². The van der Waals surface area contributed by atoms with Crippen LogP contribution >= 0.6 is 0 Å². The number of hydrogen-bond donors (Lipinski definition) is 3. The van der Waals surface area contributed by atoms with Crippen molar-refractivity contribution in [1.82, 2.24) is 4.90 Å². The number of carbonyl (C=O) groups excluding carboxylic acids is 1. The van der Waals surface area contributed by atoms with Gasteiger partial charge in [-0.3, -0.25) is 4.79 Å². The van der Waals surface area contributed by atoms with E-state index in [0.29, 0.717) is 19.5 Å². The molecule has 6 nitrogen and oxygen atoms in total. The van der Waals surface area contributed by atoms with Crippen LogP contribution in [0.15, 0.2) is 5.16 Å². The lowest BCUT2D eigenvalue weighted by Crippen LogP contribution is -2.54. The first-order chi connectivity index (χ1) is 8.36. The van der Waals surface area contributed by atoms with Crippen molar-refractivity contribution in [2.45, 2.75) is 39.7 Å². The number of nitrogens with zero attached hydrogens (tertiary/aromatic N) is 2. The molecule has 4 N–H and O–H groups in total. The number of hydrogen-bond acceptors (Lipinski definition) is 4. The number of amides is 1. The zero-order valence-corrected chi connectivity index (χ0v) is 11.3. The molecule has 0 aromatic carbocycles. The van der Waals surface area contributed by atoms with Crippen molar-refractivity contribution >= 4 is 11.7 Å². The van der Waals surface area contributed by atoms with Crippen LogP contribution in [0.2, 0.25) is 0 Å². The number of oxime groups is 1. The molecule has 0 spiro atoms. The smallest absolute Gasteiger partial charge is 0.236 e. The molecule has 0 aromatic rings. The molecule has 18 heavy (non-hydrogen) atoms. The van der Waals surface area contributed by atoms with Gasteiger partial charge in [0.05, 0.1) is 6.10 Å². The first-order valence-electron chi connectivity index (χ1n) is 6.32. The standard InChI is InChI=1S/C12H23N3O3/c1-4-12(3,10(13)14-18)11(17)15-6-5-8(2)9(16)7-15/h8-9,16,18H,4-7H2,1-3H3,(H2,13,14). The van der Waals surface area contributed by atoms with E-state index < -0.39 is 11.5 Å². The van der Waals surface area contributed by atoms with E-state index >= 15 is 0 Å². The molecule has 0 aromatic heterocycles. The monoisotopic (exact) mass is 257 g/mol. The molecule has 3 atom stereocenters. The van der Waals surface area contributed by atoms with E-state index in [9.17, 15) is 9.90 Å². The second-order valence-electron chi connectivity index (χ2n) is 5.26. The second-order valence-corrected chi connectivity index (χ2v) is 5.26. The summed E-state index contributed by atoms with van der Waals surface area (Å²) >= 11 is 0. The average molecular weight is 257 g/mol. The largest absolute Gasteiger partial charge is 0.409 e. The molecule has 1 fully saturated rings. The van der Waals surface area contributed by atoms with Crippen molar-refractivity contribution in [3.63, 3.8) is 0 Å². The number of amidine groups is 1. The van der Waals surface area contributed by atoms with Crippen LogP contribution in [0.25, 0.3) is 0 Å². The van der Waals surface area contributed by atoms with Gasteiger partial charge in [-0.05, 0) is 25.7 Å². The fourth-order valence-corrected chi connectivity index (χ4v) is 2.13. The maximum absolute atomic E-state index is 12.4. The summed E-state index contributed by atoms with van der Waals surface area (Å²) < 4.78 is 0. The lowest BCUT2D eigenvalue weighted by molar-refractivity contribution is -0.142. The number of likely N-dealkylation sites (tertiary alicyclic amines) is 1. The first kappa shape index (κ1) is 14.8. The highest BCUT2D eigenvalue weighted by atomic mass is 16.4. The third-order valence-electron chi connectivity index (χ3n) is 4.06. The zero-order chi connectivity index (χ0) is 13.9. The first-order valence-corrected chi connectivity index (χ1v) is 6.32. The van der Waals surface area contributed by atoms with Crippen molar-refractivity contribution in [3.05, 3.63) is 0 Å². The molecular formula is C12H23N3O3. The van der Waals surface area contributed by atoms with Gasteiger partial charge in [-0.1, -0.05) is 19.0 Å². The van der Waals surface area contributed by atoms with Gasteiger partial charge in [0.1, 0.15) is 5.41 Å². The van der Waals surface area contributed by atoms with Gasteiger partial charge in [-0.2, -0.15) is 0 Å². The summed E-state index contributed by atoms with van der Waals surface area (Å²) in [4.78, 5) is 14.0. The lowest BCUT2D eigenvalue weighted by atomic mass is 9.83. The molecule has 1 aliphatic rings. The van der Waals surface area contributed by atoms with E-state index in [1.54, 1.807) is 11.8 Å². The number of nitrogens with two attached hydrogens (primary N) is 1. The highest BCUT2D eigenvalue weighted by Gasteiger charge is 2.41. The van der Waals surface area contributed by atoms with Gasteiger partial charge in [-0.15, -0.1) is 0 Å². The Kier molecular flexibility index (Phi) is 4.56. The average Bonchev–Trinajstić information content (AvgIpc) is 2.39. The van der Waals surface area contributed by atoms with Gasteiger partial charge in [0.25, 0.3) is 0 Å². The Labute approximate surface area is 107 Å². The number of carbonyl (C=O) groups is 1. The third-order valence-corrected chi connectivity index (χ3v) is 4.06. The predicted octanol–water partition coefficient (Wildman–Crippen LogP) is 0.378. The highest BCUT2D eigenvalue weighted by Crippen LogP contribution is 2.27. The maximum atomic E-state index is 12.4. The Morgan fingerprint density at radius 3 is 2.67 bits per heavy atom. The van der Waals surface area contributed by atoms with Crippen LogP contribution in [-0.4, -0.2) is 46.1 Å². The van der Waals surface area contributed by atoms with Gasteiger partial charge in [0.2, 0.25) is 5.91 Å². The third kappa shape index (κ3) is 2.58. The molecular weight excluding hydrogens is 234 g/mol. The molecule has 1 amide bonds. The summed E-state index contributed by atoms with van der Waals surface area (Å²) in [5, 5.41) is 21.6. The van der Waals surface area contributed by atoms with Crippen molar-refractivity contribution in [3.8, 4) is 0 Å². The topological polar surface area (TPSA) is 99.2 Å². The summed E-state index contributed by atoms with van der Waals surface area (Å²) in [5.41, 5.74) is 4.62. The number of piperidine rings is 1. The van der Waals surface area contributed by atoms with Crippen LogP contribution < -0.4 is 5.73 Å². The summed E-state index contributed by atoms with van der Waals surface area (Å²) in [6.45, 7) is 6.36. The van der Waals surface area contributed by atoms with E-state index in [1.165, 1.54) is 0 Å². The van der Waals surface area contributed by atoms with Gasteiger partial charge < -0.3 is 20.9 Å². The molecule has 0 aliphatic carbocycles. The molecule has 1 saturated heterocycles. The molecule has 1 heterocycles. The molecule has 0 saturated carbocycles. The lowest BCUT2D eigenvalue weighted by Gasteiger charge is -2.39. The quantitative estimate of drug-likeness (QED) is 0.294. The summed E-state index contributed by atoms with van der Waals surface area (Å²) in [7, 11) is 0. The number of rotatable bonds is 3. The van der Waals surface area contributed by atoms with Crippen LogP contribution in [0, 0.1) is 11.3 Å². The van der Waals surface area contributed by atoms with E-state index in [0.717, 1.165) is 6.42 Å². The minimum Gasteiger partial charge on any atom is -0.409 e. The Morgan fingerprint density at radius 2 is 2.22 bits per heavy atom. The van der Waals surface area contributed by atoms with Crippen molar-refractivity contribution in [2.75, 3.05) is 13.1 Å². The fourth-order valence-electron chi connectivity index (χ4n) is 2.13. The predicted molar refractivity (Wildman–Crippen MR) is 68.2 cm³/mol. The summed E-state index contributed by atoms with van der Waals surface area (Å²) in [6.07, 6.45) is 0.711. The van der Waals surface area contributed by atoms with Crippen LogP contribution in [0.5, 0.6) is 0 Å². The van der Waals surface area contributed by atoms with Crippen LogP contribution in [0.3, 0.4) is 0 Å². The van der Waals surface area contributed by atoms with E-state index in [-0.39, 0.29) is 17.7 Å². The Balaban J connectivity index is 2.86. The van der Waals surface area contributed by atoms with E-state index in [1.807, 2.05) is 13.8 Å². The van der Waals surface area contributed by atoms with E-state index in [2.05, 4.69) is 5.16 Å². The van der Waals surface area contributed by atoms with Crippen LogP contribution in [0.4, 0.5) is 0 Å². The highest BCUT2D eigenvalue weighted by molar-refractivity contribution is 6.06. The number of aliphatic hydroxyl groups is 1. The second kappa shape index (κ2) is 5.56. The SMILES string of the molecule is CCC(C)(C(=O)N1CCC(C)C(O)C1)C(N)=NO. The van der Waals surface area contributed by atoms with Crippen molar-refractivity contribution < 1.29 is 15.1 Å². The maximum Gasteiger partial charge on any atom is 0.236 e. The molecule has 1 rings (SSSR count). The number of β-amino-alcohol motifs (C(OH)–C–C–N with tert-alkyl or cyclic N) is 1. The number of aliphatic hydroxyl groups excluding tert-OH is 1. The molecule has 6 heteroatoms. The van der Waals surface area contributed by atoms with Crippen molar-refractivity contribution in [2.24, 2.45) is 22.2 Å². The normalized spacial score (nSPS) is 28.9. The van der Waals surface area contributed by atoms with Crippen LogP contribution in [-0.2, 0) is 4.79 Å². The fraction of sp³-hybridized carbons (Fsp3) is 0.833. The minimum atomic E-state index is -1.00. The van der Waals surface area contributed by atoms with Gasteiger partial charge in [0, 0.05) is 13.1 Å². The summed E-state index contributed by atoms with van der Waals surface area (Å²) in [6, 6.07) is 0. The van der Waals surface area contributed by atoms with Gasteiger partial charge >= 0.3 is 0 Å². The summed E-state index contributed by atoms with van der Waals surface area (Å²) in [5.74, 6) is -0.0693. The minimum absolute atomic E-state index is 0.0805. The van der Waals surface area contributed by atoms with E-state index in [4.69, 9.17) is 10.9 Å². The Hall–Kier alpha value is -1.30.